The number of carbonyl (C=O) groups excluding carboxylic acids is 1. The predicted molar refractivity (Wildman–Crippen MR) is 77.9 cm³/mol. The van der Waals surface area contributed by atoms with Crippen LogP contribution in [0.25, 0.3) is 0 Å². The van der Waals surface area contributed by atoms with Crippen LogP contribution in [0.5, 0.6) is 0 Å². The highest BCUT2D eigenvalue weighted by atomic mass is 16.5. The number of nitrogens with one attached hydrogen (secondary N) is 1. The molecule has 4 nitrogen and oxygen atoms in total. The highest BCUT2D eigenvalue weighted by molar-refractivity contribution is 5.45. The number of methoxy groups -OCH3 is 1. The number of nitrogens with zero attached hydrogens (tertiary/aromatic N) is 1. The summed E-state index contributed by atoms with van der Waals surface area (Å²) in [4.78, 5) is 12.3. The molecule has 1 rings (SSSR count). The Hall–Kier alpha value is -0.610. The van der Waals surface area contributed by atoms with E-state index in [1.165, 1.54) is 32.4 Å². The van der Waals surface area contributed by atoms with Gasteiger partial charge in [0.25, 0.3) is 0 Å². The molecule has 0 radical (unpaired) electrons. The van der Waals surface area contributed by atoms with Crippen LogP contribution in [0.3, 0.4) is 0 Å². The van der Waals surface area contributed by atoms with Crippen molar-refractivity contribution in [3.8, 4) is 0 Å². The molecule has 0 aromatic carbocycles. The quantitative estimate of drug-likeness (QED) is 0.609. The molecule has 0 atom stereocenters. The first-order valence-corrected chi connectivity index (χ1v) is 7.13. The lowest BCUT2D eigenvalue weighted by Crippen LogP contribution is -2.35. The van der Waals surface area contributed by atoms with Gasteiger partial charge in [-0.3, -0.25) is 4.79 Å². The van der Waals surface area contributed by atoms with Gasteiger partial charge in [0.2, 0.25) is 6.41 Å². The first-order valence-electron chi connectivity index (χ1n) is 7.13. The SMILES string of the molecule is CC.COC(C)C.O=CNCCN1CCCCC1. The van der Waals surface area contributed by atoms with Crippen LogP contribution in [0, 0.1) is 0 Å². The molecule has 0 saturated carbocycles. The van der Waals surface area contributed by atoms with Gasteiger partial charge in [0, 0.05) is 20.2 Å². The smallest absolute Gasteiger partial charge is 0.207 e. The molecule has 0 aromatic rings. The van der Waals surface area contributed by atoms with Gasteiger partial charge in [0.1, 0.15) is 0 Å². The Morgan fingerprint density at radius 3 is 2.11 bits per heavy atom. The highest BCUT2D eigenvalue weighted by Crippen LogP contribution is 2.06. The van der Waals surface area contributed by atoms with Crippen molar-refractivity contribution in [2.45, 2.75) is 53.1 Å². The fourth-order valence-electron chi connectivity index (χ4n) is 1.46. The highest BCUT2D eigenvalue weighted by Gasteiger charge is 2.08. The summed E-state index contributed by atoms with van der Waals surface area (Å²) in [6, 6.07) is 0. The number of piperidine rings is 1. The van der Waals surface area contributed by atoms with Crippen LogP contribution in [0.15, 0.2) is 0 Å². The Morgan fingerprint density at radius 2 is 1.72 bits per heavy atom. The minimum Gasteiger partial charge on any atom is -0.382 e. The van der Waals surface area contributed by atoms with Crippen LogP contribution < -0.4 is 5.32 Å². The summed E-state index contributed by atoms with van der Waals surface area (Å²) in [7, 11) is 1.70. The summed E-state index contributed by atoms with van der Waals surface area (Å²) >= 11 is 0. The third-order valence-electron chi connectivity index (χ3n) is 2.58. The fraction of sp³-hybridized carbons (Fsp3) is 0.929. The molecule has 1 aliphatic heterocycles. The Labute approximate surface area is 113 Å². The second kappa shape index (κ2) is 16.4. The number of rotatable bonds is 5. The number of likely N-dealkylation sites (tertiary alicyclic amines) is 1. The van der Waals surface area contributed by atoms with Crippen LogP contribution in [0.1, 0.15) is 47.0 Å². The largest absolute Gasteiger partial charge is 0.382 e. The molecule has 18 heavy (non-hydrogen) atoms. The zero-order valence-electron chi connectivity index (χ0n) is 12.9. The summed E-state index contributed by atoms with van der Waals surface area (Å²) < 4.78 is 4.75. The van der Waals surface area contributed by atoms with Gasteiger partial charge in [-0.2, -0.15) is 0 Å². The second-order valence-electron chi connectivity index (χ2n) is 4.26. The van der Waals surface area contributed by atoms with Crippen molar-refractivity contribution >= 4 is 6.41 Å². The molecule has 0 bridgehead atoms. The minimum atomic E-state index is 0.384. The van der Waals surface area contributed by atoms with Gasteiger partial charge in [-0.25, -0.2) is 0 Å². The second-order valence-corrected chi connectivity index (χ2v) is 4.26. The van der Waals surface area contributed by atoms with Gasteiger partial charge in [-0.1, -0.05) is 20.3 Å². The first kappa shape index (κ1) is 19.7. The maximum Gasteiger partial charge on any atom is 0.207 e. The Bertz CT molecular complexity index is 158. The van der Waals surface area contributed by atoms with Gasteiger partial charge in [-0.15, -0.1) is 0 Å². The maximum atomic E-state index is 9.92. The van der Waals surface area contributed by atoms with Crippen LogP contribution in [-0.2, 0) is 9.53 Å². The van der Waals surface area contributed by atoms with E-state index >= 15 is 0 Å². The van der Waals surface area contributed by atoms with Gasteiger partial charge < -0.3 is 15.0 Å². The molecule has 1 saturated heterocycles. The predicted octanol–water partition coefficient (Wildman–Crippen LogP) is 2.29. The molecule has 1 amide bonds. The van der Waals surface area contributed by atoms with Crippen molar-refractivity contribution in [2.75, 3.05) is 33.3 Å². The number of amides is 1. The van der Waals surface area contributed by atoms with Crippen LogP contribution in [-0.4, -0.2) is 50.7 Å². The number of carbonyl (C=O) groups is 1. The normalized spacial score (nSPS) is 15.0. The number of ether oxygens (including phenoxy) is 1. The zero-order chi connectivity index (χ0) is 14.2. The molecule has 0 aliphatic carbocycles. The van der Waals surface area contributed by atoms with Crippen LogP contribution in [0.2, 0.25) is 0 Å². The maximum absolute atomic E-state index is 9.92. The van der Waals surface area contributed by atoms with Crippen molar-refractivity contribution in [2.24, 2.45) is 0 Å². The lowest BCUT2D eigenvalue weighted by atomic mass is 10.1. The molecule has 1 fully saturated rings. The molecule has 1 N–H and O–H groups in total. The topological polar surface area (TPSA) is 41.6 Å². The summed E-state index contributed by atoms with van der Waals surface area (Å²) in [5.74, 6) is 0. The average molecular weight is 260 g/mol. The first-order chi connectivity index (χ1) is 8.70. The number of hydrogen-bond donors (Lipinski definition) is 1. The molecular formula is C14H32N2O2. The summed E-state index contributed by atoms with van der Waals surface area (Å²) in [6.07, 6.45) is 5.17. The van der Waals surface area contributed by atoms with E-state index in [2.05, 4.69) is 10.2 Å². The van der Waals surface area contributed by atoms with E-state index in [1.807, 2.05) is 27.7 Å². The Kier molecular flexibility index (Phi) is 18.0. The van der Waals surface area contributed by atoms with Crippen LogP contribution in [0.4, 0.5) is 0 Å². The molecule has 1 aliphatic rings. The fourth-order valence-corrected chi connectivity index (χ4v) is 1.46. The van der Waals surface area contributed by atoms with Crippen molar-refractivity contribution < 1.29 is 9.53 Å². The minimum absolute atomic E-state index is 0.384. The molecule has 0 spiro atoms. The van der Waals surface area contributed by atoms with E-state index in [9.17, 15) is 4.79 Å². The summed E-state index contributed by atoms with van der Waals surface area (Å²) in [5.41, 5.74) is 0. The lowest BCUT2D eigenvalue weighted by Gasteiger charge is -2.25. The molecule has 0 aromatic heterocycles. The van der Waals surface area contributed by atoms with E-state index < -0.39 is 0 Å². The third kappa shape index (κ3) is 15.4. The van der Waals surface area contributed by atoms with Gasteiger partial charge in [-0.05, 0) is 39.8 Å². The monoisotopic (exact) mass is 260 g/mol. The zero-order valence-corrected chi connectivity index (χ0v) is 12.9. The van der Waals surface area contributed by atoms with Crippen molar-refractivity contribution in [1.82, 2.24) is 10.2 Å². The standard InChI is InChI=1S/C8H16N2O.C4H10O.C2H6/c11-8-9-4-7-10-5-2-1-3-6-10;1-4(2)5-3;1-2/h8H,1-7H2,(H,9,11);4H,1-3H3;1-2H3. The Morgan fingerprint density at radius 1 is 1.22 bits per heavy atom. The average Bonchev–Trinajstić information content (AvgIpc) is 2.43. The molecule has 1 heterocycles. The van der Waals surface area contributed by atoms with Crippen molar-refractivity contribution in [1.29, 1.82) is 0 Å². The van der Waals surface area contributed by atoms with Crippen molar-refractivity contribution in [3.63, 3.8) is 0 Å². The molecule has 0 unspecified atom stereocenters. The summed E-state index contributed by atoms with van der Waals surface area (Å²) in [6.45, 7) is 12.2. The van der Waals surface area contributed by atoms with E-state index in [0.717, 1.165) is 19.5 Å². The van der Waals surface area contributed by atoms with Gasteiger partial charge in [0.15, 0.2) is 0 Å². The van der Waals surface area contributed by atoms with E-state index in [0.29, 0.717) is 6.10 Å². The molecule has 110 valence electrons. The van der Waals surface area contributed by atoms with Gasteiger partial charge in [0.05, 0.1) is 6.10 Å². The van der Waals surface area contributed by atoms with Crippen LogP contribution >= 0.6 is 0 Å². The third-order valence-corrected chi connectivity index (χ3v) is 2.58. The van der Waals surface area contributed by atoms with E-state index in [1.54, 1.807) is 7.11 Å². The Balaban J connectivity index is 0. The molecular weight excluding hydrogens is 228 g/mol. The van der Waals surface area contributed by atoms with E-state index in [4.69, 9.17) is 4.74 Å². The molecule has 4 heteroatoms. The summed E-state index contributed by atoms with van der Waals surface area (Å²) in [5, 5.41) is 2.67. The van der Waals surface area contributed by atoms with E-state index in [-0.39, 0.29) is 0 Å². The number of hydrogen-bond acceptors (Lipinski definition) is 3. The van der Waals surface area contributed by atoms with Gasteiger partial charge >= 0.3 is 0 Å². The lowest BCUT2D eigenvalue weighted by molar-refractivity contribution is -0.109. The van der Waals surface area contributed by atoms with Crippen molar-refractivity contribution in [3.05, 3.63) is 0 Å².